The van der Waals surface area contributed by atoms with Gasteiger partial charge >= 0.3 is 0 Å². The molecule has 2 aliphatic rings. The molecule has 1 saturated carbocycles. The third-order valence-electron chi connectivity index (χ3n) is 6.26. The number of nitrogens with one attached hydrogen (secondary N) is 2. The number of aromatic nitrogens is 1. The average Bonchev–Trinajstić information content (AvgIpc) is 3.62. The molecular weight excluding hydrogens is 416 g/mol. The van der Waals surface area contributed by atoms with Crippen LogP contribution in [0.1, 0.15) is 38.2 Å². The van der Waals surface area contributed by atoms with E-state index in [0.29, 0.717) is 22.5 Å². The second kappa shape index (κ2) is 8.16. The molecule has 1 fully saturated rings. The zero-order chi connectivity index (χ0) is 23.1. The number of hydrogen-bond acceptors (Lipinski definition) is 5. The number of nitro groups is 1. The van der Waals surface area contributed by atoms with Gasteiger partial charge in [-0.1, -0.05) is 42.5 Å². The van der Waals surface area contributed by atoms with Gasteiger partial charge in [0.25, 0.3) is 5.70 Å². The van der Waals surface area contributed by atoms with E-state index >= 15 is 0 Å². The predicted octanol–water partition coefficient (Wildman–Crippen LogP) is 4.65. The number of dihydropyridines is 1. The number of amides is 1. The van der Waals surface area contributed by atoms with Crippen molar-refractivity contribution in [2.75, 3.05) is 0 Å². The summed E-state index contributed by atoms with van der Waals surface area (Å²) < 4.78 is 0. The lowest BCUT2D eigenvalue weighted by molar-refractivity contribution is -0.431. The van der Waals surface area contributed by atoms with Gasteiger partial charge in [-0.15, -0.1) is 0 Å². The molecule has 7 heteroatoms. The van der Waals surface area contributed by atoms with Gasteiger partial charge in [0, 0.05) is 28.9 Å². The number of carbonyl (C=O) groups is 1. The molecule has 1 aromatic heterocycles. The van der Waals surface area contributed by atoms with Gasteiger partial charge < -0.3 is 10.6 Å². The van der Waals surface area contributed by atoms with Gasteiger partial charge in [-0.25, -0.2) is 0 Å². The molecule has 1 aliphatic heterocycles. The lowest BCUT2D eigenvalue weighted by atomic mass is 9.81. The fourth-order valence-corrected chi connectivity index (χ4v) is 4.53. The molecule has 0 radical (unpaired) electrons. The molecule has 1 amide bonds. The largest absolute Gasteiger partial charge is 0.357 e. The molecule has 5 rings (SSSR count). The van der Waals surface area contributed by atoms with Gasteiger partial charge in [-0.2, -0.15) is 0 Å². The maximum atomic E-state index is 13.3. The topological polar surface area (TPSA) is 97.2 Å². The van der Waals surface area contributed by atoms with E-state index in [1.165, 1.54) is 0 Å². The summed E-state index contributed by atoms with van der Waals surface area (Å²) in [5.74, 6) is -1.07. The molecule has 0 saturated heterocycles. The first-order valence-electron chi connectivity index (χ1n) is 11.0. The lowest BCUT2D eigenvalue weighted by Crippen LogP contribution is -2.37. The Morgan fingerprint density at radius 1 is 1.06 bits per heavy atom. The molecule has 1 aliphatic carbocycles. The van der Waals surface area contributed by atoms with Crippen molar-refractivity contribution >= 4 is 16.8 Å². The Labute approximate surface area is 191 Å². The summed E-state index contributed by atoms with van der Waals surface area (Å²) in [7, 11) is 0. The molecule has 7 nitrogen and oxygen atoms in total. The van der Waals surface area contributed by atoms with Crippen LogP contribution in [0.5, 0.6) is 0 Å². The molecule has 33 heavy (non-hydrogen) atoms. The number of nitrogens with zero attached hydrogens (tertiary/aromatic N) is 2. The Bertz CT molecular complexity index is 1340. The fourth-order valence-electron chi connectivity index (χ4n) is 4.53. The maximum Gasteiger partial charge on any atom is 0.277 e. The van der Waals surface area contributed by atoms with E-state index in [0.717, 1.165) is 34.9 Å². The first-order chi connectivity index (χ1) is 15.9. The molecule has 0 bridgehead atoms. The van der Waals surface area contributed by atoms with Crippen LogP contribution in [0, 0.1) is 10.1 Å². The van der Waals surface area contributed by atoms with Crippen molar-refractivity contribution in [1.29, 1.82) is 0 Å². The van der Waals surface area contributed by atoms with Crippen molar-refractivity contribution < 1.29 is 9.72 Å². The van der Waals surface area contributed by atoms with Crippen LogP contribution < -0.4 is 10.6 Å². The number of carbonyl (C=O) groups excluding carboxylic acids is 1. The molecular formula is C26H24N4O3. The van der Waals surface area contributed by atoms with E-state index in [1.807, 2.05) is 54.6 Å². The van der Waals surface area contributed by atoms with Crippen molar-refractivity contribution in [2.45, 2.75) is 38.6 Å². The molecule has 2 heterocycles. The summed E-state index contributed by atoms with van der Waals surface area (Å²) in [5.41, 5.74) is 4.79. The molecule has 166 valence electrons. The maximum absolute atomic E-state index is 13.3. The monoisotopic (exact) mass is 440 g/mol. The van der Waals surface area contributed by atoms with Crippen LogP contribution in [0.4, 0.5) is 0 Å². The second-order valence-electron chi connectivity index (χ2n) is 8.62. The molecule has 2 N–H and O–H groups in total. The Balaban J connectivity index is 1.72. The number of rotatable bonds is 5. The minimum Gasteiger partial charge on any atom is -0.357 e. The van der Waals surface area contributed by atoms with E-state index in [1.54, 1.807) is 20.0 Å². The van der Waals surface area contributed by atoms with Crippen LogP contribution in [-0.2, 0) is 4.79 Å². The van der Waals surface area contributed by atoms with E-state index in [-0.39, 0.29) is 22.6 Å². The Morgan fingerprint density at radius 2 is 1.82 bits per heavy atom. The van der Waals surface area contributed by atoms with Crippen molar-refractivity contribution in [3.8, 4) is 11.1 Å². The van der Waals surface area contributed by atoms with Gasteiger partial charge in [0.05, 0.1) is 21.7 Å². The van der Waals surface area contributed by atoms with Crippen LogP contribution in [-0.4, -0.2) is 21.9 Å². The molecule has 1 unspecified atom stereocenters. The minimum absolute atomic E-state index is 0.0147. The summed E-state index contributed by atoms with van der Waals surface area (Å²) in [6.07, 6.45) is 3.68. The van der Waals surface area contributed by atoms with E-state index in [4.69, 9.17) is 0 Å². The van der Waals surface area contributed by atoms with Gasteiger partial charge in [0.2, 0.25) is 5.91 Å². The van der Waals surface area contributed by atoms with Gasteiger partial charge in [0.1, 0.15) is 5.92 Å². The zero-order valence-electron chi connectivity index (χ0n) is 18.5. The Morgan fingerprint density at radius 3 is 2.52 bits per heavy atom. The van der Waals surface area contributed by atoms with E-state index < -0.39 is 5.92 Å². The van der Waals surface area contributed by atoms with Crippen LogP contribution in [0.2, 0.25) is 0 Å². The van der Waals surface area contributed by atoms with Crippen molar-refractivity contribution in [3.05, 3.63) is 99.1 Å². The number of hydrogen-bond donors (Lipinski definition) is 2. The smallest absolute Gasteiger partial charge is 0.277 e. The van der Waals surface area contributed by atoms with Crippen LogP contribution in [0.3, 0.4) is 0 Å². The quantitative estimate of drug-likeness (QED) is 0.445. The van der Waals surface area contributed by atoms with Crippen LogP contribution in [0.25, 0.3) is 22.0 Å². The highest BCUT2D eigenvalue weighted by atomic mass is 16.6. The van der Waals surface area contributed by atoms with E-state index in [9.17, 15) is 14.9 Å². The summed E-state index contributed by atoms with van der Waals surface area (Å²) in [6.45, 7) is 3.48. The third-order valence-corrected chi connectivity index (χ3v) is 6.26. The highest BCUT2D eigenvalue weighted by Crippen LogP contribution is 2.41. The van der Waals surface area contributed by atoms with Crippen molar-refractivity contribution in [2.24, 2.45) is 0 Å². The first-order valence-corrected chi connectivity index (χ1v) is 11.0. The minimum atomic E-state index is -0.809. The zero-order valence-corrected chi connectivity index (χ0v) is 18.5. The average molecular weight is 441 g/mol. The van der Waals surface area contributed by atoms with Gasteiger partial charge in [-0.05, 0) is 49.9 Å². The Kier molecular flexibility index (Phi) is 5.17. The predicted molar refractivity (Wildman–Crippen MR) is 127 cm³/mol. The number of pyridine rings is 1. The first kappa shape index (κ1) is 20.9. The SMILES string of the molecule is CC1=C(C(=O)NC2CC2)C(c2cccc3ncc(-c4ccccc4)cc23)C([N+](=O)[O-])=C(C)N1. The van der Waals surface area contributed by atoms with Crippen molar-refractivity contribution in [1.82, 2.24) is 15.6 Å². The number of fused-ring (bicyclic) bond motifs is 1. The second-order valence-corrected chi connectivity index (χ2v) is 8.62. The van der Waals surface area contributed by atoms with Gasteiger partial charge in [0.15, 0.2) is 0 Å². The van der Waals surface area contributed by atoms with E-state index in [2.05, 4.69) is 15.6 Å². The number of allylic oxidation sites excluding steroid dienone is 3. The third kappa shape index (κ3) is 3.86. The van der Waals surface area contributed by atoms with Crippen molar-refractivity contribution in [3.63, 3.8) is 0 Å². The fraction of sp³-hybridized carbons (Fsp3) is 0.231. The summed E-state index contributed by atoms with van der Waals surface area (Å²) in [5, 5.41) is 19.1. The molecule has 0 spiro atoms. The summed E-state index contributed by atoms with van der Waals surface area (Å²) in [6, 6.07) is 17.6. The normalized spacial score (nSPS) is 18.3. The standard InChI is InChI=1S/C26H24N4O3/c1-15-23(26(31)29-19-11-12-19)24(25(30(32)33)16(2)28-15)20-9-6-10-22-21(20)13-18(14-27-22)17-7-4-3-5-8-17/h3-10,13-14,19,24,28H,11-12H2,1-2H3,(H,29,31). The van der Waals surface area contributed by atoms with Crippen LogP contribution in [0.15, 0.2) is 83.5 Å². The molecule has 2 aromatic carbocycles. The highest BCUT2D eigenvalue weighted by Gasteiger charge is 2.41. The van der Waals surface area contributed by atoms with Gasteiger partial charge in [-0.3, -0.25) is 19.9 Å². The number of benzene rings is 2. The lowest BCUT2D eigenvalue weighted by Gasteiger charge is -2.27. The Hall–Kier alpha value is -4.00. The summed E-state index contributed by atoms with van der Waals surface area (Å²) >= 11 is 0. The molecule has 1 atom stereocenters. The highest BCUT2D eigenvalue weighted by molar-refractivity contribution is 5.99. The summed E-state index contributed by atoms with van der Waals surface area (Å²) in [4.78, 5) is 29.7. The van der Waals surface area contributed by atoms with Crippen LogP contribution >= 0.6 is 0 Å². The molecule has 3 aromatic rings.